The lowest BCUT2D eigenvalue weighted by Gasteiger charge is -2.32. The minimum absolute atomic E-state index is 0.0150. The van der Waals surface area contributed by atoms with E-state index in [1.165, 1.54) is 0 Å². The van der Waals surface area contributed by atoms with Crippen molar-refractivity contribution in [1.29, 1.82) is 0 Å². The van der Waals surface area contributed by atoms with Crippen LogP contribution in [-0.2, 0) is 4.79 Å². The molecule has 0 aromatic carbocycles. The molecule has 18 heavy (non-hydrogen) atoms. The summed E-state index contributed by atoms with van der Waals surface area (Å²) in [5.41, 5.74) is 0. The number of carbonyl (C=O) groups excluding carboxylic acids is 1. The van der Waals surface area contributed by atoms with Crippen LogP contribution in [0.25, 0.3) is 0 Å². The van der Waals surface area contributed by atoms with Crippen LogP contribution in [0.15, 0.2) is 0 Å². The molecule has 7 nitrogen and oxygen atoms in total. The predicted molar refractivity (Wildman–Crippen MR) is 65.3 cm³/mol. The number of nitrogens with zero attached hydrogens (tertiary/aromatic N) is 1. The number of urea groups is 1. The Hall–Kier alpha value is -1.34. The smallest absolute Gasteiger partial charge is 0.326 e. The quantitative estimate of drug-likeness (QED) is 0.518. The number of carbonyl (C=O) groups is 2. The number of aliphatic carboxylic acids is 1. The van der Waals surface area contributed by atoms with Gasteiger partial charge < -0.3 is 25.7 Å². The van der Waals surface area contributed by atoms with Crippen molar-refractivity contribution in [3.8, 4) is 0 Å². The van der Waals surface area contributed by atoms with E-state index in [9.17, 15) is 9.59 Å². The Morgan fingerprint density at radius 1 is 1.44 bits per heavy atom. The lowest BCUT2D eigenvalue weighted by Crippen LogP contribution is -2.52. The second-order valence-corrected chi connectivity index (χ2v) is 4.44. The van der Waals surface area contributed by atoms with Crippen molar-refractivity contribution in [1.82, 2.24) is 15.5 Å². The topological polar surface area (TPSA) is 102 Å². The maximum absolute atomic E-state index is 11.9. The van der Waals surface area contributed by atoms with Gasteiger partial charge in [-0.2, -0.15) is 0 Å². The van der Waals surface area contributed by atoms with Crippen LogP contribution in [0.4, 0.5) is 4.79 Å². The molecule has 7 heteroatoms. The van der Waals surface area contributed by atoms with Crippen LogP contribution in [0.5, 0.6) is 0 Å². The molecule has 2 amide bonds. The molecule has 0 aromatic rings. The van der Waals surface area contributed by atoms with Crippen molar-refractivity contribution in [2.75, 3.05) is 26.7 Å². The van der Waals surface area contributed by atoms with Gasteiger partial charge in [-0.05, 0) is 25.9 Å². The summed E-state index contributed by atoms with van der Waals surface area (Å²) < 4.78 is 0. The Morgan fingerprint density at radius 2 is 2.06 bits per heavy atom. The Morgan fingerprint density at radius 3 is 2.56 bits per heavy atom. The van der Waals surface area contributed by atoms with E-state index in [0.29, 0.717) is 0 Å². The summed E-state index contributed by atoms with van der Waals surface area (Å²) in [6, 6.07) is -1.30. The first-order valence-corrected chi connectivity index (χ1v) is 6.14. The molecule has 1 atom stereocenters. The summed E-state index contributed by atoms with van der Waals surface area (Å²) in [5, 5.41) is 23.3. The number of hydrogen-bond donors (Lipinski definition) is 4. The zero-order valence-electron chi connectivity index (χ0n) is 10.6. The third-order valence-corrected chi connectivity index (χ3v) is 3.19. The van der Waals surface area contributed by atoms with E-state index in [2.05, 4.69) is 10.6 Å². The summed E-state index contributed by atoms with van der Waals surface area (Å²) in [4.78, 5) is 24.3. The molecule has 0 unspecified atom stereocenters. The second-order valence-electron chi connectivity index (χ2n) is 4.44. The molecular formula is C11H21N3O4. The van der Waals surface area contributed by atoms with Crippen molar-refractivity contribution in [2.45, 2.75) is 31.3 Å². The third-order valence-electron chi connectivity index (χ3n) is 3.19. The van der Waals surface area contributed by atoms with Gasteiger partial charge in [0.25, 0.3) is 0 Å². The maximum Gasteiger partial charge on any atom is 0.326 e. The third kappa shape index (κ3) is 4.15. The fourth-order valence-corrected chi connectivity index (χ4v) is 2.00. The van der Waals surface area contributed by atoms with Crippen LogP contribution in [0.3, 0.4) is 0 Å². The zero-order valence-corrected chi connectivity index (χ0v) is 10.6. The molecule has 0 aromatic heterocycles. The number of piperidine rings is 1. The van der Waals surface area contributed by atoms with Crippen molar-refractivity contribution in [3.05, 3.63) is 0 Å². The van der Waals surface area contributed by atoms with Crippen LogP contribution in [0.1, 0.15) is 19.3 Å². The predicted octanol–water partition coefficient (Wildman–Crippen LogP) is -0.785. The molecule has 0 saturated carbocycles. The average Bonchev–Trinajstić information content (AvgIpc) is 2.38. The Kier molecular flexibility index (Phi) is 5.87. The van der Waals surface area contributed by atoms with Crippen LogP contribution < -0.4 is 10.6 Å². The zero-order chi connectivity index (χ0) is 13.5. The molecule has 0 radical (unpaired) electrons. The minimum atomic E-state index is -1.13. The van der Waals surface area contributed by atoms with Crippen LogP contribution >= 0.6 is 0 Å². The van der Waals surface area contributed by atoms with E-state index in [1.54, 1.807) is 11.9 Å². The fourth-order valence-electron chi connectivity index (χ4n) is 2.00. The molecule has 1 fully saturated rings. The molecule has 104 valence electrons. The number of aliphatic hydroxyl groups is 1. The van der Waals surface area contributed by atoms with Gasteiger partial charge in [0.05, 0.1) is 0 Å². The van der Waals surface area contributed by atoms with Crippen molar-refractivity contribution in [3.63, 3.8) is 0 Å². The number of rotatable bonds is 5. The van der Waals surface area contributed by atoms with Gasteiger partial charge in [-0.15, -0.1) is 0 Å². The molecular weight excluding hydrogens is 238 g/mol. The molecule has 0 spiro atoms. The second kappa shape index (κ2) is 7.17. The molecule has 1 heterocycles. The van der Waals surface area contributed by atoms with Gasteiger partial charge in [0.2, 0.25) is 0 Å². The highest BCUT2D eigenvalue weighted by molar-refractivity contribution is 5.82. The largest absolute Gasteiger partial charge is 0.480 e. The van der Waals surface area contributed by atoms with E-state index in [-0.39, 0.29) is 19.1 Å². The van der Waals surface area contributed by atoms with Crippen LogP contribution in [-0.4, -0.2) is 65.9 Å². The number of carboxylic acids is 1. The molecule has 0 bridgehead atoms. The number of amides is 2. The monoisotopic (exact) mass is 259 g/mol. The van der Waals surface area contributed by atoms with Gasteiger partial charge in [0.1, 0.15) is 6.04 Å². The highest BCUT2D eigenvalue weighted by Crippen LogP contribution is 2.10. The molecule has 1 aliphatic rings. The van der Waals surface area contributed by atoms with E-state index in [0.717, 1.165) is 25.9 Å². The number of nitrogens with one attached hydrogen (secondary N) is 2. The van der Waals surface area contributed by atoms with E-state index < -0.39 is 18.0 Å². The minimum Gasteiger partial charge on any atom is -0.480 e. The molecule has 1 rings (SSSR count). The fraction of sp³-hybridized carbons (Fsp3) is 0.818. The summed E-state index contributed by atoms with van der Waals surface area (Å²) >= 11 is 0. The van der Waals surface area contributed by atoms with Gasteiger partial charge in [-0.25, -0.2) is 9.59 Å². The van der Waals surface area contributed by atoms with Crippen molar-refractivity contribution in [2.24, 2.45) is 0 Å². The van der Waals surface area contributed by atoms with E-state index in [4.69, 9.17) is 10.2 Å². The molecule has 4 N–H and O–H groups in total. The van der Waals surface area contributed by atoms with Crippen molar-refractivity contribution < 1.29 is 19.8 Å². The number of carboxylic acid groups (broad SMARTS) is 1. The highest BCUT2D eigenvalue weighted by atomic mass is 16.4. The first kappa shape index (κ1) is 14.7. The molecule has 0 aliphatic carbocycles. The molecule has 1 saturated heterocycles. The summed E-state index contributed by atoms with van der Waals surface area (Å²) in [5.74, 6) is -1.13. The Balaban J connectivity index is 2.48. The van der Waals surface area contributed by atoms with Gasteiger partial charge in [-0.3, -0.25) is 0 Å². The summed E-state index contributed by atoms with van der Waals surface area (Å²) in [7, 11) is 1.67. The molecule has 1 aliphatic heterocycles. The van der Waals surface area contributed by atoms with Crippen LogP contribution in [0, 0.1) is 0 Å². The normalized spacial score (nSPS) is 18.1. The standard InChI is InChI=1S/C11H21N3O4/c1-14(8-2-5-12-6-3-8)11(18)13-9(4-7-15)10(16)17/h8-9,12,15H,2-7H2,1H3,(H,13,18)(H,16,17)/t9-/m1/s1. The van der Waals surface area contributed by atoms with Gasteiger partial charge in [0, 0.05) is 26.1 Å². The lowest BCUT2D eigenvalue weighted by molar-refractivity contribution is -0.139. The SMILES string of the molecule is CN(C(=O)N[C@H](CCO)C(=O)O)C1CCNCC1. The first-order valence-electron chi connectivity index (χ1n) is 6.14. The van der Waals surface area contributed by atoms with E-state index in [1.807, 2.05) is 0 Å². The van der Waals surface area contributed by atoms with E-state index >= 15 is 0 Å². The van der Waals surface area contributed by atoms with Crippen LogP contribution in [0.2, 0.25) is 0 Å². The first-order chi connectivity index (χ1) is 8.56. The number of hydrogen-bond acceptors (Lipinski definition) is 4. The van der Waals surface area contributed by atoms with Gasteiger partial charge in [-0.1, -0.05) is 0 Å². The Bertz CT molecular complexity index is 292. The Labute approximate surface area is 106 Å². The highest BCUT2D eigenvalue weighted by Gasteiger charge is 2.25. The summed E-state index contributed by atoms with van der Waals surface area (Å²) in [6.07, 6.45) is 1.74. The average molecular weight is 259 g/mol. The van der Waals surface area contributed by atoms with Gasteiger partial charge >= 0.3 is 12.0 Å². The number of aliphatic hydroxyl groups excluding tert-OH is 1. The van der Waals surface area contributed by atoms with Crippen molar-refractivity contribution >= 4 is 12.0 Å². The maximum atomic E-state index is 11.9. The van der Waals surface area contributed by atoms with Gasteiger partial charge in [0.15, 0.2) is 0 Å². The summed E-state index contributed by atoms with van der Waals surface area (Å²) in [6.45, 7) is 1.46. The lowest BCUT2D eigenvalue weighted by atomic mass is 10.1.